The van der Waals surface area contributed by atoms with E-state index in [1.165, 1.54) is 6.92 Å². The van der Waals surface area contributed by atoms with Crippen molar-refractivity contribution in [2.75, 3.05) is 6.61 Å². The molecule has 0 bridgehead atoms. The molecule has 0 spiro atoms. The summed E-state index contributed by atoms with van der Waals surface area (Å²) in [5.74, 6) is -1.68. The summed E-state index contributed by atoms with van der Waals surface area (Å²) < 4.78 is 10.9. The Hall–Kier alpha value is -3.09. The molecule has 1 aromatic rings. The molecule has 0 unspecified atom stereocenters. The molecule has 0 saturated heterocycles. The number of aliphatic hydroxyl groups excluding tert-OH is 2. The zero-order valence-electron chi connectivity index (χ0n) is 20.8. The van der Waals surface area contributed by atoms with E-state index >= 15 is 0 Å². The van der Waals surface area contributed by atoms with Gasteiger partial charge in [-0.2, -0.15) is 0 Å². The maximum atomic E-state index is 13.3. The summed E-state index contributed by atoms with van der Waals surface area (Å²) in [5.41, 5.74) is -0.100. The Balaban J connectivity index is 2.25. The van der Waals surface area contributed by atoms with Crippen LogP contribution < -0.4 is 9.47 Å². The van der Waals surface area contributed by atoms with Crippen LogP contribution in [0.1, 0.15) is 78.7 Å². The predicted molar refractivity (Wildman–Crippen MR) is 127 cm³/mol. The van der Waals surface area contributed by atoms with E-state index < -0.39 is 22.7 Å². The number of aliphatic hydroxyl groups is 2. The molecule has 0 aromatic heterocycles. The molecule has 1 aromatic carbocycles. The van der Waals surface area contributed by atoms with Crippen molar-refractivity contribution in [3.05, 3.63) is 46.4 Å². The zero-order valence-corrected chi connectivity index (χ0v) is 20.8. The second-order valence-corrected chi connectivity index (χ2v) is 10.8. The van der Waals surface area contributed by atoms with Gasteiger partial charge in [0.25, 0.3) is 0 Å². The summed E-state index contributed by atoms with van der Waals surface area (Å²) in [5, 5.41) is 22.0. The lowest BCUT2D eigenvalue weighted by molar-refractivity contribution is -0.132. The topological polar surface area (TPSA) is 110 Å². The Morgan fingerprint density at radius 1 is 0.912 bits per heavy atom. The van der Waals surface area contributed by atoms with Crippen molar-refractivity contribution in [2.45, 2.75) is 73.1 Å². The second kappa shape index (κ2) is 9.28. The van der Waals surface area contributed by atoms with Gasteiger partial charge in [-0.3, -0.25) is 14.4 Å². The normalized spacial score (nSPS) is 20.1. The van der Waals surface area contributed by atoms with Crippen LogP contribution in [0.3, 0.4) is 0 Å². The Morgan fingerprint density at radius 2 is 1.41 bits per heavy atom. The van der Waals surface area contributed by atoms with Gasteiger partial charge in [-0.1, -0.05) is 33.8 Å². The molecule has 34 heavy (non-hydrogen) atoms. The molecule has 7 heteroatoms. The van der Waals surface area contributed by atoms with Gasteiger partial charge in [0, 0.05) is 49.7 Å². The van der Waals surface area contributed by atoms with Gasteiger partial charge in [0.1, 0.15) is 11.5 Å². The lowest BCUT2D eigenvalue weighted by Crippen LogP contribution is -2.33. The summed E-state index contributed by atoms with van der Waals surface area (Å²) in [4.78, 5) is 38.1. The van der Waals surface area contributed by atoms with Crippen molar-refractivity contribution in [1.82, 2.24) is 0 Å². The third-order valence-corrected chi connectivity index (χ3v) is 6.22. The molecule has 0 heterocycles. The summed E-state index contributed by atoms with van der Waals surface area (Å²) in [7, 11) is 0. The first kappa shape index (κ1) is 25.5. The average Bonchev–Trinajstić information content (AvgIpc) is 2.65. The number of ether oxygens (including phenoxy) is 2. The highest BCUT2D eigenvalue weighted by Crippen LogP contribution is 2.48. The SMILES string of the molecule is CCOc1cc(C(C2=C(O)CC(C)(C)CC2=O)C2=C(O)CC(C)(C)CC2=O)ccc1OC(C)=O. The van der Waals surface area contributed by atoms with Crippen LogP contribution in [0.2, 0.25) is 0 Å². The first-order valence-corrected chi connectivity index (χ1v) is 11.6. The van der Waals surface area contributed by atoms with Crippen LogP contribution in [0, 0.1) is 10.8 Å². The highest BCUT2D eigenvalue weighted by atomic mass is 16.6. The van der Waals surface area contributed by atoms with Crippen LogP contribution in [-0.2, 0) is 14.4 Å². The smallest absolute Gasteiger partial charge is 0.308 e. The second-order valence-electron chi connectivity index (χ2n) is 10.8. The molecule has 0 saturated carbocycles. The van der Waals surface area contributed by atoms with Crippen molar-refractivity contribution in [3.63, 3.8) is 0 Å². The Morgan fingerprint density at radius 3 is 1.82 bits per heavy atom. The third kappa shape index (κ3) is 5.34. The first-order chi connectivity index (χ1) is 15.7. The minimum atomic E-state index is -0.960. The number of Topliss-reactive ketones (excluding diaryl/α,β-unsaturated/α-hetero) is 2. The first-order valence-electron chi connectivity index (χ1n) is 11.6. The molecule has 0 fully saturated rings. The molecule has 0 radical (unpaired) electrons. The van der Waals surface area contributed by atoms with E-state index in [1.54, 1.807) is 25.1 Å². The van der Waals surface area contributed by atoms with Gasteiger partial charge in [0.15, 0.2) is 23.1 Å². The van der Waals surface area contributed by atoms with Gasteiger partial charge in [0.05, 0.1) is 6.61 Å². The van der Waals surface area contributed by atoms with E-state index in [9.17, 15) is 24.6 Å². The standard InChI is InChI=1S/C27H34O7/c1-7-33-22-10-16(8-9-21(22)34-15(2)28)23(24-17(29)11-26(3,4)12-18(24)30)25-19(31)13-27(5,6)14-20(25)32/h8-10,23,29,31H,7,11-14H2,1-6H3. The van der Waals surface area contributed by atoms with E-state index in [-0.39, 0.29) is 71.4 Å². The number of carbonyl (C=O) groups is 3. The van der Waals surface area contributed by atoms with Gasteiger partial charge in [-0.15, -0.1) is 0 Å². The lowest BCUT2D eigenvalue weighted by Gasteiger charge is -2.36. The van der Waals surface area contributed by atoms with Crippen LogP contribution in [0.5, 0.6) is 11.5 Å². The monoisotopic (exact) mass is 470 g/mol. The Labute approximate surface area is 200 Å². The zero-order chi connectivity index (χ0) is 25.4. The summed E-state index contributed by atoms with van der Waals surface area (Å²) in [6.07, 6.45) is 0.977. The molecule has 3 rings (SSSR count). The molecular weight excluding hydrogens is 436 g/mol. The molecule has 0 aliphatic heterocycles. The molecule has 7 nitrogen and oxygen atoms in total. The number of hydrogen-bond acceptors (Lipinski definition) is 7. The summed E-state index contributed by atoms with van der Waals surface area (Å²) >= 11 is 0. The van der Waals surface area contributed by atoms with Gasteiger partial charge < -0.3 is 19.7 Å². The highest BCUT2D eigenvalue weighted by molar-refractivity contribution is 6.05. The van der Waals surface area contributed by atoms with E-state index in [2.05, 4.69) is 0 Å². The number of benzene rings is 1. The maximum absolute atomic E-state index is 13.3. The van der Waals surface area contributed by atoms with Crippen molar-refractivity contribution >= 4 is 17.5 Å². The number of hydrogen-bond donors (Lipinski definition) is 2. The minimum absolute atomic E-state index is 0.0776. The molecular formula is C27H34O7. The van der Waals surface area contributed by atoms with Crippen molar-refractivity contribution in [2.24, 2.45) is 10.8 Å². The van der Waals surface area contributed by atoms with E-state index in [0.717, 1.165) is 0 Å². The van der Waals surface area contributed by atoms with E-state index in [0.29, 0.717) is 12.2 Å². The van der Waals surface area contributed by atoms with Gasteiger partial charge in [-0.05, 0) is 35.4 Å². The highest BCUT2D eigenvalue weighted by Gasteiger charge is 2.43. The van der Waals surface area contributed by atoms with E-state index in [4.69, 9.17) is 9.47 Å². The van der Waals surface area contributed by atoms with Gasteiger partial charge >= 0.3 is 5.97 Å². The van der Waals surface area contributed by atoms with Crippen LogP contribution >= 0.6 is 0 Å². The van der Waals surface area contributed by atoms with Crippen LogP contribution in [0.4, 0.5) is 0 Å². The number of allylic oxidation sites excluding steroid dienone is 4. The number of rotatable bonds is 6. The molecule has 2 aliphatic rings. The molecule has 184 valence electrons. The summed E-state index contributed by atoms with van der Waals surface area (Å²) in [6.45, 7) is 11.0. The average molecular weight is 471 g/mol. The fraction of sp³-hybridized carbons (Fsp3) is 0.519. The van der Waals surface area contributed by atoms with Crippen molar-refractivity contribution in [3.8, 4) is 11.5 Å². The van der Waals surface area contributed by atoms with Crippen molar-refractivity contribution < 1.29 is 34.1 Å². The number of ketones is 2. The summed E-state index contributed by atoms with van der Waals surface area (Å²) in [6, 6.07) is 4.78. The van der Waals surface area contributed by atoms with Crippen LogP contribution in [0.15, 0.2) is 40.9 Å². The van der Waals surface area contributed by atoms with Gasteiger partial charge in [0.2, 0.25) is 0 Å². The van der Waals surface area contributed by atoms with Crippen molar-refractivity contribution in [1.29, 1.82) is 0 Å². The fourth-order valence-electron chi connectivity index (χ4n) is 4.95. The van der Waals surface area contributed by atoms with E-state index in [1.807, 2.05) is 27.7 Å². The minimum Gasteiger partial charge on any atom is -0.512 e. The predicted octanol–water partition coefficient (Wildman–Crippen LogP) is 5.50. The third-order valence-electron chi connectivity index (χ3n) is 6.22. The number of carbonyl (C=O) groups excluding carboxylic acids is 3. The van der Waals surface area contributed by atoms with Gasteiger partial charge in [-0.25, -0.2) is 0 Å². The molecule has 2 N–H and O–H groups in total. The lowest BCUT2D eigenvalue weighted by atomic mass is 9.67. The fourth-order valence-corrected chi connectivity index (χ4v) is 4.95. The molecule has 0 amide bonds. The maximum Gasteiger partial charge on any atom is 0.308 e. The largest absolute Gasteiger partial charge is 0.512 e. The van der Waals surface area contributed by atoms with Crippen LogP contribution in [-0.4, -0.2) is 34.4 Å². The van der Waals surface area contributed by atoms with Crippen LogP contribution in [0.25, 0.3) is 0 Å². The quantitative estimate of drug-likeness (QED) is 0.417. The molecule has 0 atom stereocenters. The Bertz CT molecular complexity index is 1040. The Kier molecular flexibility index (Phi) is 6.97. The number of esters is 1. The molecule has 2 aliphatic carbocycles.